The predicted octanol–water partition coefficient (Wildman–Crippen LogP) is 3.35. The Bertz CT molecular complexity index is 790. The van der Waals surface area contributed by atoms with Gasteiger partial charge in [-0.05, 0) is 19.1 Å². The molecule has 1 amide bonds. The number of halogens is 1. The molecule has 4 nitrogen and oxygen atoms in total. The van der Waals surface area contributed by atoms with Crippen LogP contribution in [0.4, 0.5) is 0 Å². The molecule has 0 saturated heterocycles. The van der Waals surface area contributed by atoms with Gasteiger partial charge in [-0.2, -0.15) is 0 Å². The topological polar surface area (TPSA) is 71.8 Å². The highest BCUT2D eigenvalue weighted by Gasteiger charge is 2.17. The third-order valence-electron chi connectivity index (χ3n) is 2.95. The van der Waals surface area contributed by atoms with Crippen molar-refractivity contribution in [3.63, 3.8) is 0 Å². The lowest BCUT2D eigenvalue weighted by atomic mass is 10.1. The number of H-pyrrole nitrogens is 1. The van der Waals surface area contributed by atoms with Gasteiger partial charge in [0.15, 0.2) is 0 Å². The number of hydrogen-bond donors (Lipinski definition) is 2. The lowest BCUT2D eigenvalue weighted by molar-refractivity contribution is 0.0996. The van der Waals surface area contributed by atoms with Crippen LogP contribution in [0.1, 0.15) is 15.4 Å². The van der Waals surface area contributed by atoms with Gasteiger partial charge < -0.3 is 10.7 Å². The van der Waals surface area contributed by atoms with Gasteiger partial charge in [0.2, 0.25) is 0 Å². The molecule has 0 aliphatic carbocycles. The van der Waals surface area contributed by atoms with E-state index in [9.17, 15) is 4.79 Å². The average molecular weight is 292 g/mol. The number of thiophene rings is 1. The molecule has 19 heavy (non-hydrogen) atoms. The standard InChI is InChI=1S/C13H10ClN3OS/c1-6-11(7-2-3-16-5-8(7)14)12-10(19-6)4-9(17-12)13(15)18/h2-5,17H,1H3,(H2,15,18). The zero-order valence-electron chi connectivity index (χ0n) is 10.0. The van der Waals surface area contributed by atoms with Crippen molar-refractivity contribution in [2.75, 3.05) is 0 Å². The first-order valence-electron chi connectivity index (χ1n) is 5.59. The van der Waals surface area contributed by atoms with Crippen molar-refractivity contribution < 1.29 is 4.79 Å². The van der Waals surface area contributed by atoms with Gasteiger partial charge in [-0.3, -0.25) is 9.78 Å². The quantitative estimate of drug-likeness (QED) is 0.760. The number of nitrogens with zero attached hydrogens (tertiary/aromatic N) is 1. The minimum atomic E-state index is -0.465. The molecule has 0 bridgehead atoms. The largest absolute Gasteiger partial charge is 0.364 e. The summed E-state index contributed by atoms with van der Waals surface area (Å²) < 4.78 is 0.995. The van der Waals surface area contributed by atoms with Gasteiger partial charge in [0, 0.05) is 28.4 Å². The third kappa shape index (κ3) is 1.91. The SMILES string of the molecule is Cc1sc2cc(C(N)=O)[nH]c2c1-c1ccncc1Cl. The number of hydrogen-bond acceptors (Lipinski definition) is 3. The molecule has 3 N–H and O–H groups in total. The predicted molar refractivity (Wildman–Crippen MR) is 77.7 cm³/mol. The van der Waals surface area contributed by atoms with Crippen LogP contribution in [0.25, 0.3) is 21.3 Å². The number of primary amides is 1. The summed E-state index contributed by atoms with van der Waals surface area (Å²) in [5.41, 5.74) is 8.50. The van der Waals surface area contributed by atoms with Gasteiger partial charge in [-0.1, -0.05) is 11.6 Å². The molecule has 0 aromatic carbocycles. The summed E-state index contributed by atoms with van der Waals surface area (Å²) in [4.78, 5) is 19.4. The van der Waals surface area contributed by atoms with E-state index in [4.69, 9.17) is 17.3 Å². The van der Waals surface area contributed by atoms with Crippen LogP contribution in [0.3, 0.4) is 0 Å². The maximum atomic E-state index is 11.2. The van der Waals surface area contributed by atoms with Crippen molar-refractivity contribution in [3.05, 3.63) is 40.1 Å². The lowest BCUT2D eigenvalue weighted by Gasteiger charge is -2.03. The molecule has 0 spiro atoms. The number of carbonyl (C=O) groups excluding carboxylic acids is 1. The van der Waals surface area contributed by atoms with E-state index in [2.05, 4.69) is 9.97 Å². The van der Waals surface area contributed by atoms with E-state index < -0.39 is 5.91 Å². The summed E-state index contributed by atoms with van der Waals surface area (Å²) in [6.07, 6.45) is 3.31. The number of rotatable bonds is 2. The van der Waals surface area contributed by atoms with Crippen LogP contribution in [-0.2, 0) is 0 Å². The molecule has 0 aliphatic rings. The Balaban J connectivity index is 2.31. The highest BCUT2D eigenvalue weighted by Crippen LogP contribution is 2.40. The molecule has 0 unspecified atom stereocenters. The highest BCUT2D eigenvalue weighted by molar-refractivity contribution is 7.19. The Labute approximate surface area is 118 Å². The Morgan fingerprint density at radius 1 is 1.53 bits per heavy atom. The second-order valence-corrected chi connectivity index (χ2v) is 5.84. The lowest BCUT2D eigenvalue weighted by Crippen LogP contribution is -2.10. The van der Waals surface area contributed by atoms with Gasteiger partial charge in [0.1, 0.15) is 5.69 Å². The van der Waals surface area contributed by atoms with Crippen LogP contribution in [0.15, 0.2) is 24.5 Å². The molecule has 0 radical (unpaired) electrons. The fourth-order valence-electron chi connectivity index (χ4n) is 2.13. The van der Waals surface area contributed by atoms with Crippen LogP contribution in [0.5, 0.6) is 0 Å². The second-order valence-electron chi connectivity index (χ2n) is 4.18. The molecular formula is C13H10ClN3OS. The van der Waals surface area contributed by atoms with Gasteiger partial charge in [0.05, 0.1) is 15.2 Å². The Morgan fingerprint density at radius 2 is 2.32 bits per heavy atom. The van der Waals surface area contributed by atoms with Crippen LogP contribution in [-0.4, -0.2) is 15.9 Å². The van der Waals surface area contributed by atoms with Gasteiger partial charge in [-0.25, -0.2) is 0 Å². The first-order chi connectivity index (χ1) is 9.08. The Kier molecular flexibility index (Phi) is 2.80. The van der Waals surface area contributed by atoms with Gasteiger partial charge >= 0.3 is 0 Å². The summed E-state index contributed by atoms with van der Waals surface area (Å²) >= 11 is 7.80. The maximum Gasteiger partial charge on any atom is 0.265 e. The third-order valence-corrected chi connectivity index (χ3v) is 4.31. The molecule has 3 aromatic heterocycles. The molecule has 3 heterocycles. The summed E-state index contributed by atoms with van der Waals surface area (Å²) in [6.45, 7) is 2.02. The van der Waals surface area contributed by atoms with E-state index in [-0.39, 0.29) is 0 Å². The highest BCUT2D eigenvalue weighted by atomic mass is 35.5. The molecule has 0 aliphatic heterocycles. The number of pyridine rings is 1. The second kappa shape index (κ2) is 4.36. The number of nitrogens with one attached hydrogen (secondary N) is 1. The first-order valence-corrected chi connectivity index (χ1v) is 6.79. The molecule has 96 valence electrons. The van der Waals surface area contributed by atoms with E-state index in [0.29, 0.717) is 10.7 Å². The first kappa shape index (κ1) is 12.2. The summed E-state index contributed by atoms with van der Waals surface area (Å²) in [6, 6.07) is 3.63. The van der Waals surface area contributed by atoms with Crippen molar-refractivity contribution in [1.82, 2.24) is 9.97 Å². The Hall–Kier alpha value is -1.85. The normalized spacial score (nSPS) is 11.1. The zero-order valence-corrected chi connectivity index (χ0v) is 11.6. The average Bonchev–Trinajstić information content (AvgIpc) is 2.87. The summed E-state index contributed by atoms with van der Waals surface area (Å²) in [7, 11) is 0. The fourth-order valence-corrected chi connectivity index (χ4v) is 3.42. The minimum absolute atomic E-state index is 0.410. The molecule has 0 saturated carbocycles. The molecule has 0 fully saturated rings. The van der Waals surface area contributed by atoms with E-state index in [1.165, 1.54) is 0 Å². The number of carbonyl (C=O) groups is 1. The van der Waals surface area contributed by atoms with Crippen molar-refractivity contribution in [2.45, 2.75) is 6.92 Å². The Morgan fingerprint density at radius 3 is 3.00 bits per heavy atom. The van der Waals surface area contributed by atoms with Crippen LogP contribution in [0.2, 0.25) is 5.02 Å². The molecule has 3 rings (SSSR count). The van der Waals surface area contributed by atoms with Crippen molar-refractivity contribution in [1.29, 1.82) is 0 Å². The van der Waals surface area contributed by atoms with E-state index in [1.54, 1.807) is 29.8 Å². The van der Waals surface area contributed by atoms with Gasteiger partial charge in [-0.15, -0.1) is 11.3 Å². The number of aromatic nitrogens is 2. The van der Waals surface area contributed by atoms with E-state index >= 15 is 0 Å². The van der Waals surface area contributed by atoms with Crippen LogP contribution in [0, 0.1) is 6.92 Å². The van der Waals surface area contributed by atoms with Crippen LogP contribution < -0.4 is 5.73 Å². The number of amides is 1. The van der Waals surface area contributed by atoms with Gasteiger partial charge in [0.25, 0.3) is 5.91 Å². The van der Waals surface area contributed by atoms with E-state index in [1.807, 2.05) is 13.0 Å². The van der Waals surface area contributed by atoms with Crippen LogP contribution >= 0.6 is 22.9 Å². The molecule has 0 atom stereocenters. The minimum Gasteiger partial charge on any atom is -0.364 e. The number of aromatic amines is 1. The smallest absolute Gasteiger partial charge is 0.265 e. The summed E-state index contributed by atoms with van der Waals surface area (Å²) in [5.74, 6) is -0.465. The monoisotopic (exact) mass is 291 g/mol. The summed E-state index contributed by atoms with van der Waals surface area (Å²) in [5, 5.41) is 0.584. The molecule has 3 aromatic rings. The number of fused-ring (bicyclic) bond motifs is 1. The van der Waals surface area contributed by atoms with Crippen molar-refractivity contribution >= 4 is 39.1 Å². The molecule has 6 heteroatoms. The number of aryl methyl sites for hydroxylation is 1. The number of nitrogens with two attached hydrogens (primary N) is 1. The van der Waals surface area contributed by atoms with Crippen molar-refractivity contribution in [3.8, 4) is 11.1 Å². The maximum absolute atomic E-state index is 11.2. The zero-order chi connectivity index (χ0) is 13.6. The van der Waals surface area contributed by atoms with Crippen molar-refractivity contribution in [2.24, 2.45) is 5.73 Å². The fraction of sp³-hybridized carbons (Fsp3) is 0.0769. The molecular weight excluding hydrogens is 282 g/mol. The van der Waals surface area contributed by atoms with E-state index in [0.717, 1.165) is 26.2 Å².